The van der Waals surface area contributed by atoms with Crippen LogP contribution in [0, 0.1) is 0 Å². The normalized spacial score (nSPS) is 9.18. The summed E-state index contributed by atoms with van der Waals surface area (Å²) in [4.78, 5) is 20.7. The third kappa shape index (κ3) is 1.67. The fourth-order valence-electron chi connectivity index (χ4n) is 0.705. The lowest BCUT2D eigenvalue weighted by Crippen LogP contribution is -2.06. The predicted molar refractivity (Wildman–Crippen MR) is 38.4 cm³/mol. The molecule has 0 radical (unpaired) electrons. The van der Waals surface area contributed by atoms with Crippen LogP contribution in [0.5, 0.6) is 0 Å². The summed E-state index contributed by atoms with van der Waals surface area (Å²) in [6.45, 7) is 1.36. The first-order valence-corrected chi connectivity index (χ1v) is 3.04. The van der Waals surface area contributed by atoms with Gasteiger partial charge in [0, 0.05) is 13.0 Å². The summed E-state index contributed by atoms with van der Waals surface area (Å²) in [5.41, 5.74) is 0.410. The van der Waals surface area contributed by atoms with Crippen molar-refractivity contribution in [2.45, 2.75) is 6.92 Å². The van der Waals surface area contributed by atoms with Crippen molar-refractivity contribution in [1.82, 2.24) is 0 Å². The van der Waals surface area contributed by atoms with Gasteiger partial charge in [-0.2, -0.15) is 0 Å². The Balaban J connectivity index is 2.84. The Bertz CT molecular complexity index is 277. The molecule has 0 saturated carbocycles. The lowest BCUT2D eigenvalue weighted by molar-refractivity contribution is -0.114. The zero-order valence-corrected chi connectivity index (χ0v) is 5.96. The van der Waals surface area contributed by atoms with Gasteiger partial charge in [-0.1, -0.05) is 0 Å². The van der Waals surface area contributed by atoms with E-state index in [-0.39, 0.29) is 11.7 Å². The zero-order chi connectivity index (χ0) is 8.27. The Morgan fingerprint density at radius 1 is 1.73 bits per heavy atom. The molecule has 0 spiro atoms. The highest BCUT2D eigenvalue weighted by molar-refractivity contribution is 5.93. The van der Waals surface area contributed by atoms with Crippen molar-refractivity contribution >= 4 is 17.9 Å². The molecule has 0 atom stereocenters. The average molecular weight is 153 g/mol. The molecule has 0 fully saturated rings. The van der Waals surface area contributed by atoms with E-state index in [1.165, 1.54) is 19.3 Å². The quantitative estimate of drug-likeness (QED) is 0.646. The van der Waals surface area contributed by atoms with Gasteiger partial charge in [-0.15, -0.1) is 0 Å². The molecule has 0 aliphatic heterocycles. The number of furan rings is 1. The number of carbonyl (C=O) groups excluding carboxylic acids is 2. The summed E-state index contributed by atoms with van der Waals surface area (Å²) >= 11 is 0. The van der Waals surface area contributed by atoms with Crippen LogP contribution >= 0.6 is 0 Å². The van der Waals surface area contributed by atoms with Gasteiger partial charge in [-0.3, -0.25) is 9.59 Å². The van der Waals surface area contributed by atoms with Gasteiger partial charge in [0.25, 0.3) is 0 Å². The van der Waals surface area contributed by atoms with Gasteiger partial charge in [-0.05, 0) is 0 Å². The molecule has 1 aromatic heterocycles. The SMILES string of the molecule is CC(=O)Nc1ccoc1C=O. The van der Waals surface area contributed by atoms with Crippen LogP contribution in [0.1, 0.15) is 17.5 Å². The van der Waals surface area contributed by atoms with Crippen molar-refractivity contribution in [1.29, 1.82) is 0 Å². The number of carbonyl (C=O) groups is 2. The summed E-state index contributed by atoms with van der Waals surface area (Å²) in [7, 11) is 0. The fraction of sp³-hybridized carbons (Fsp3) is 0.143. The zero-order valence-electron chi connectivity index (χ0n) is 5.96. The van der Waals surface area contributed by atoms with Gasteiger partial charge in [-0.25, -0.2) is 0 Å². The highest BCUT2D eigenvalue weighted by atomic mass is 16.3. The van der Waals surface area contributed by atoms with E-state index in [2.05, 4.69) is 5.32 Å². The summed E-state index contributed by atoms with van der Waals surface area (Å²) < 4.78 is 4.73. The number of aldehydes is 1. The first kappa shape index (κ1) is 7.53. The maximum atomic E-state index is 10.5. The standard InChI is InChI=1S/C7H7NO3/c1-5(10)8-6-2-3-11-7(6)4-9/h2-4H,1H3,(H,8,10). The molecule has 0 aliphatic rings. The molecule has 1 aromatic rings. The van der Waals surface area contributed by atoms with Crippen LogP contribution in [-0.4, -0.2) is 12.2 Å². The molecular weight excluding hydrogens is 146 g/mol. The van der Waals surface area contributed by atoms with Crippen LogP contribution in [0.4, 0.5) is 5.69 Å². The van der Waals surface area contributed by atoms with Crippen LogP contribution in [0.15, 0.2) is 16.7 Å². The van der Waals surface area contributed by atoms with Gasteiger partial charge >= 0.3 is 0 Å². The maximum Gasteiger partial charge on any atom is 0.221 e. The van der Waals surface area contributed by atoms with E-state index in [1.807, 2.05) is 0 Å². The molecule has 0 bridgehead atoms. The minimum atomic E-state index is -0.227. The fourth-order valence-corrected chi connectivity index (χ4v) is 0.705. The van der Waals surface area contributed by atoms with E-state index in [0.717, 1.165) is 0 Å². The third-order valence-corrected chi connectivity index (χ3v) is 1.11. The molecule has 4 nitrogen and oxygen atoms in total. The molecule has 1 amide bonds. The summed E-state index contributed by atoms with van der Waals surface area (Å²) in [6, 6.07) is 1.52. The monoisotopic (exact) mass is 153 g/mol. The van der Waals surface area contributed by atoms with Crippen molar-refractivity contribution in [2.75, 3.05) is 5.32 Å². The molecule has 0 unspecified atom stereocenters. The lowest BCUT2D eigenvalue weighted by atomic mass is 10.4. The minimum Gasteiger partial charge on any atom is -0.459 e. The topological polar surface area (TPSA) is 59.3 Å². The van der Waals surface area contributed by atoms with Crippen LogP contribution in [0.3, 0.4) is 0 Å². The molecule has 4 heteroatoms. The number of nitrogens with one attached hydrogen (secondary N) is 1. The van der Waals surface area contributed by atoms with Crippen LogP contribution < -0.4 is 5.32 Å². The largest absolute Gasteiger partial charge is 0.459 e. The second kappa shape index (κ2) is 3.01. The van der Waals surface area contributed by atoms with Crippen molar-refractivity contribution in [2.24, 2.45) is 0 Å². The van der Waals surface area contributed by atoms with Gasteiger partial charge in [0.2, 0.25) is 5.91 Å². The van der Waals surface area contributed by atoms with Gasteiger partial charge < -0.3 is 9.73 Å². The molecule has 1 N–H and O–H groups in total. The van der Waals surface area contributed by atoms with Crippen LogP contribution in [0.2, 0.25) is 0 Å². The third-order valence-electron chi connectivity index (χ3n) is 1.11. The Morgan fingerprint density at radius 3 is 3.00 bits per heavy atom. The van der Waals surface area contributed by atoms with Gasteiger partial charge in [0.15, 0.2) is 12.0 Å². The van der Waals surface area contributed by atoms with E-state index in [4.69, 9.17) is 4.42 Å². The lowest BCUT2D eigenvalue weighted by Gasteiger charge is -1.95. The average Bonchev–Trinajstić information content (AvgIpc) is 2.34. The van der Waals surface area contributed by atoms with Crippen molar-refractivity contribution in [3.8, 4) is 0 Å². The van der Waals surface area contributed by atoms with Crippen molar-refractivity contribution in [3.05, 3.63) is 18.1 Å². The summed E-state index contributed by atoms with van der Waals surface area (Å²) in [5, 5.41) is 2.44. The summed E-state index contributed by atoms with van der Waals surface area (Å²) in [6.07, 6.45) is 1.89. The highest BCUT2D eigenvalue weighted by Crippen LogP contribution is 2.13. The van der Waals surface area contributed by atoms with Crippen LogP contribution in [0.25, 0.3) is 0 Å². The first-order chi connectivity index (χ1) is 5.24. The Kier molecular flexibility index (Phi) is 2.06. The number of hydrogen-bond donors (Lipinski definition) is 1. The van der Waals surface area contributed by atoms with E-state index in [9.17, 15) is 9.59 Å². The molecule has 11 heavy (non-hydrogen) atoms. The Labute approximate surface area is 63.2 Å². The molecule has 1 rings (SSSR count). The van der Waals surface area contributed by atoms with Crippen LogP contribution in [-0.2, 0) is 4.79 Å². The van der Waals surface area contributed by atoms with Crippen molar-refractivity contribution in [3.63, 3.8) is 0 Å². The highest BCUT2D eigenvalue weighted by Gasteiger charge is 2.04. The minimum absolute atomic E-state index is 0.139. The molecule has 0 aliphatic carbocycles. The Morgan fingerprint density at radius 2 is 2.45 bits per heavy atom. The number of amides is 1. The van der Waals surface area contributed by atoms with Crippen molar-refractivity contribution < 1.29 is 14.0 Å². The first-order valence-electron chi connectivity index (χ1n) is 3.04. The molecule has 58 valence electrons. The smallest absolute Gasteiger partial charge is 0.221 e. The summed E-state index contributed by atoms with van der Waals surface area (Å²) in [5.74, 6) is -0.0882. The van der Waals surface area contributed by atoms with E-state index in [1.54, 1.807) is 0 Å². The van der Waals surface area contributed by atoms with Gasteiger partial charge in [0.05, 0.1) is 12.0 Å². The Hall–Kier alpha value is -1.58. The molecular formula is C7H7NO3. The second-order valence-electron chi connectivity index (χ2n) is 2.00. The maximum absolute atomic E-state index is 10.5. The van der Waals surface area contributed by atoms with E-state index in [0.29, 0.717) is 12.0 Å². The number of hydrogen-bond acceptors (Lipinski definition) is 3. The predicted octanol–water partition coefficient (Wildman–Crippen LogP) is 1.05. The van der Waals surface area contributed by atoms with E-state index >= 15 is 0 Å². The molecule has 0 aromatic carbocycles. The molecule has 0 saturated heterocycles. The van der Waals surface area contributed by atoms with E-state index < -0.39 is 0 Å². The van der Waals surface area contributed by atoms with Gasteiger partial charge in [0.1, 0.15) is 0 Å². The number of rotatable bonds is 2. The number of anilines is 1. The second-order valence-corrected chi connectivity index (χ2v) is 2.00. The molecule has 1 heterocycles.